The molecule has 1 fully saturated rings. The quantitative estimate of drug-likeness (QED) is 0.888. The van der Waals surface area contributed by atoms with Gasteiger partial charge in [0.05, 0.1) is 12.1 Å². The fourth-order valence-electron chi connectivity index (χ4n) is 2.34. The summed E-state index contributed by atoms with van der Waals surface area (Å²) in [6.45, 7) is 0. The van der Waals surface area contributed by atoms with Crippen molar-refractivity contribution in [1.29, 1.82) is 0 Å². The summed E-state index contributed by atoms with van der Waals surface area (Å²) in [7, 11) is -2.16. The van der Waals surface area contributed by atoms with E-state index in [2.05, 4.69) is 4.72 Å². The Morgan fingerprint density at radius 2 is 1.95 bits per heavy atom. The fraction of sp³-hybridized carbons (Fsp3) is 0.538. The van der Waals surface area contributed by atoms with Gasteiger partial charge in [0.2, 0.25) is 10.0 Å². The summed E-state index contributed by atoms with van der Waals surface area (Å²) >= 11 is 5.98. The average molecular weight is 319 g/mol. The molecule has 0 unspecified atom stereocenters. The van der Waals surface area contributed by atoms with Crippen molar-refractivity contribution in [2.24, 2.45) is 5.73 Å². The second-order valence-corrected chi connectivity index (χ2v) is 7.12. The number of methoxy groups -OCH3 is 1. The van der Waals surface area contributed by atoms with Gasteiger partial charge in [-0.15, -0.1) is 0 Å². The molecule has 0 amide bonds. The molecule has 0 saturated heterocycles. The van der Waals surface area contributed by atoms with E-state index < -0.39 is 10.0 Å². The number of rotatable bonds is 4. The lowest BCUT2D eigenvalue weighted by Gasteiger charge is -2.26. The Hall–Kier alpha value is -0.820. The molecule has 0 atom stereocenters. The number of hydrogen-bond acceptors (Lipinski definition) is 4. The maximum Gasteiger partial charge on any atom is 0.242 e. The van der Waals surface area contributed by atoms with E-state index >= 15 is 0 Å². The third-order valence-electron chi connectivity index (χ3n) is 3.52. The Balaban J connectivity index is 2.18. The van der Waals surface area contributed by atoms with Crippen molar-refractivity contribution < 1.29 is 13.2 Å². The van der Waals surface area contributed by atoms with Crippen molar-refractivity contribution >= 4 is 21.6 Å². The lowest BCUT2D eigenvalue weighted by atomic mass is 9.93. The van der Waals surface area contributed by atoms with E-state index in [1.807, 2.05) is 0 Å². The van der Waals surface area contributed by atoms with Crippen LogP contribution in [0.3, 0.4) is 0 Å². The van der Waals surface area contributed by atoms with E-state index in [-0.39, 0.29) is 22.0 Å². The molecule has 1 aliphatic carbocycles. The number of nitrogens with one attached hydrogen (secondary N) is 1. The summed E-state index contributed by atoms with van der Waals surface area (Å²) < 4.78 is 32.5. The number of ether oxygens (including phenoxy) is 1. The lowest BCUT2D eigenvalue weighted by molar-refractivity contribution is 0.373. The molecule has 1 aliphatic rings. The normalized spacial score (nSPS) is 23.6. The van der Waals surface area contributed by atoms with Crippen LogP contribution in [0, 0.1) is 0 Å². The van der Waals surface area contributed by atoms with Gasteiger partial charge in [-0.2, -0.15) is 0 Å². The van der Waals surface area contributed by atoms with Crippen LogP contribution in [0.2, 0.25) is 5.02 Å². The minimum Gasteiger partial charge on any atom is -0.497 e. The Bertz CT molecular complexity index is 569. The van der Waals surface area contributed by atoms with Gasteiger partial charge >= 0.3 is 0 Å². The van der Waals surface area contributed by atoms with Gasteiger partial charge in [-0.05, 0) is 37.8 Å². The summed E-state index contributed by atoms with van der Waals surface area (Å²) in [5, 5.41) is 0.186. The highest BCUT2D eigenvalue weighted by atomic mass is 35.5. The van der Waals surface area contributed by atoms with E-state index in [0.29, 0.717) is 5.75 Å². The SMILES string of the molecule is COc1ccc(Cl)c(S(=O)(=O)NC2CCC(N)CC2)c1. The van der Waals surface area contributed by atoms with Gasteiger partial charge in [0.15, 0.2) is 0 Å². The lowest BCUT2D eigenvalue weighted by Crippen LogP contribution is -2.40. The zero-order valence-corrected chi connectivity index (χ0v) is 12.9. The molecule has 20 heavy (non-hydrogen) atoms. The van der Waals surface area contributed by atoms with Crippen LogP contribution in [0.5, 0.6) is 5.75 Å². The van der Waals surface area contributed by atoms with Gasteiger partial charge < -0.3 is 10.5 Å². The number of nitrogens with two attached hydrogens (primary N) is 1. The second kappa shape index (κ2) is 6.30. The Morgan fingerprint density at radius 1 is 1.30 bits per heavy atom. The van der Waals surface area contributed by atoms with Crippen LogP contribution in [0.1, 0.15) is 25.7 Å². The molecule has 3 N–H and O–H groups in total. The summed E-state index contributed by atoms with van der Waals surface area (Å²) in [5.74, 6) is 0.459. The molecule has 7 heteroatoms. The van der Waals surface area contributed by atoms with E-state index in [0.717, 1.165) is 25.7 Å². The van der Waals surface area contributed by atoms with E-state index in [1.165, 1.54) is 19.2 Å². The highest BCUT2D eigenvalue weighted by Gasteiger charge is 2.26. The molecule has 2 rings (SSSR count). The van der Waals surface area contributed by atoms with Crippen LogP contribution >= 0.6 is 11.6 Å². The summed E-state index contributed by atoms with van der Waals surface area (Å²) in [6, 6.07) is 4.67. The zero-order chi connectivity index (χ0) is 14.8. The summed E-state index contributed by atoms with van der Waals surface area (Å²) in [6.07, 6.45) is 3.17. The predicted molar refractivity (Wildman–Crippen MR) is 78.6 cm³/mol. The third kappa shape index (κ3) is 3.63. The van der Waals surface area contributed by atoms with Crippen LogP contribution < -0.4 is 15.2 Å². The second-order valence-electron chi connectivity index (χ2n) is 5.03. The minimum absolute atomic E-state index is 0.0494. The molecular formula is C13H19ClN2O3S. The molecule has 0 aliphatic heterocycles. The largest absolute Gasteiger partial charge is 0.497 e. The molecule has 5 nitrogen and oxygen atoms in total. The average Bonchev–Trinajstić information content (AvgIpc) is 2.41. The van der Waals surface area contributed by atoms with Gasteiger partial charge in [0, 0.05) is 18.2 Å². The number of hydrogen-bond donors (Lipinski definition) is 2. The van der Waals surface area contributed by atoms with Crippen molar-refractivity contribution in [1.82, 2.24) is 4.72 Å². The van der Waals surface area contributed by atoms with Crippen LogP contribution in [-0.2, 0) is 10.0 Å². The predicted octanol–water partition coefficient (Wildman–Crippen LogP) is 1.90. The molecule has 1 saturated carbocycles. The molecule has 0 heterocycles. The smallest absolute Gasteiger partial charge is 0.242 e. The number of benzene rings is 1. The molecule has 1 aromatic rings. The van der Waals surface area contributed by atoms with Crippen molar-refractivity contribution in [3.63, 3.8) is 0 Å². The van der Waals surface area contributed by atoms with Crippen LogP contribution in [0.25, 0.3) is 0 Å². The van der Waals surface area contributed by atoms with Gasteiger partial charge in [-0.1, -0.05) is 11.6 Å². The Kier molecular flexibility index (Phi) is 4.90. The van der Waals surface area contributed by atoms with Crippen molar-refractivity contribution in [3.05, 3.63) is 23.2 Å². The van der Waals surface area contributed by atoms with Crippen LogP contribution in [0.15, 0.2) is 23.1 Å². The first-order chi connectivity index (χ1) is 9.42. The van der Waals surface area contributed by atoms with Gasteiger partial charge in [-0.25, -0.2) is 13.1 Å². The summed E-state index contributed by atoms with van der Waals surface area (Å²) in [4.78, 5) is 0.0494. The van der Waals surface area contributed by atoms with Gasteiger partial charge in [0.1, 0.15) is 10.6 Å². The van der Waals surface area contributed by atoms with Crippen molar-refractivity contribution in [2.75, 3.05) is 7.11 Å². The van der Waals surface area contributed by atoms with Gasteiger partial charge in [0.25, 0.3) is 0 Å². The Labute approximate surface area is 124 Å². The maximum atomic E-state index is 12.4. The highest BCUT2D eigenvalue weighted by molar-refractivity contribution is 7.89. The third-order valence-corrected chi connectivity index (χ3v) is 5.52. The molecule has 112 valence electrons. The topological polar surface area (TPSA) is 81.4 Å². The Morgan fingerprint density at radius 3 is 2.55 bits per heavy atom. The maximum absolute atomic E-state index is 12.4. The van der Waals surface area contributed by atoms with E-state index in [1.54, 1.807) is 6.07 Å². The van der Waals surface area contributed by atoms with Crippen LogP contribution in [-0.4, -0.2) is 27.6 Å². The number of halogens is 1. The number of sulfonamides is 1. The molecule has 0 bridgehead atoms. The minimum atomic E-state index is -3.64. The highest BCUT2D eigenvalue weighted by Crippen LogP contribution is 2.27. The first-order valence-electron chi connectivity index (χ1n) is 6.54. The molecule has 1 aromatic carbocycles. The van der Waals surface area contributed by atoms with E-state index in [9.17, 15) is 8.42 Å². The molecule has 0 aromatic heterocycles. The van der Waals surface area contributed by atoms with Gasteiger partial charge in [-0.3, -0.25) is 0 Å². The van der Waals surface area contributed by atoms with Crippen molar-refractivity contribution in [3.8, 4) is 5.75 Å². The molecule has 0 radical (unpaired) electrons. The van der Waals surface area contributed by atoms with Crippen molar-refractivity contribution in [2.45, 2.75) is 42.7 Å². The zero-order valence-electron chi connectivity index (χ0n) is 11.3. The van der Waals surface area contributed by atoms with Crippen LogP contribution in [0.4, 0.5) is 0 Å². The summed E-state index contributed by atoms with van der Waals surface area (Å²) in [5.41, 5.74) is 5.82. The monoisotopic (exact) mass is 318 g/mol. The first kappa shape index (κ1) is 15.6. The first-order valence-corrected chi connectivity index (χ1v) is 8.40. The standard InChI is InChI=1S/C13H19ClN2O3S/c1-19-11-6-7-12(14)13(8-11)20(17,18)16-10-4-2-9(15)3-5-10/h6-10,16H,2-5,15H2,1H3. The fourth-order valence-corrected chi connectivity index (χ4v) is 4.16. The molecular weight excluding hydrogens is 300 g/mol. The van der Waals surface area contributed by atoms with E-state index in [4.69, 9.17) is 22.1 Å². The molecule has 0 spiro atoms.